The van der Waals surface area contributed by atoms with Gasteiger partial charge in [0.25, 0.3) is 0 Å². The number of benzene rings is 1. The molecular formula is C13H15F3N2O2. The minimum atomic E-state index is -4.54. The minimum absolute atomic E-state index is 0.193. The van der Waals surface area contributed by atoms with Gasteiger partial charge < -0.3 is 15.2 Å². The number of rotatable bonds is 6. The minimum Gasteiger partial charge on any atom is -0.391 e. The highest BCUT2D eigenvalue weighted by Crippen LogP contribution is 2.32. The van der Waals surface area contributed by atoms with Crippen molar-refractivity contribution in [2.24, 2.45) is 0 Å². The SMILES string of the molecule is COCC(O)CCNc1ccc(C(F)(F)F)c(C#N)c1. The van der Waals surface area contributed by atoms with E-state index in [1.807, 2.05) is 0 Å². The molecule has 0 saturated carbocycles. The van der Waals surface area contributed by atoms with Crippen LogP contribution in [0.5, 0.6) is 0 Å². The number of nitrogens with zero attached hydrogens (tertiary/aromatic N) is 1. The average molecular weight is 288 g/mol. The van der Waals surface area contributed by atoms with Crippen LogP contribution in [0, 0.1) is 11.3 Å². The largest absolute Gasteiger partial charge is 0.417 e. The molecule has 1 aromatic rings. The lowest BCUT2D eigenvalue weighted by molar-refractivity contribution is -0.137. The van der Waals surface area contributed by atoms with E-state index in [2.05, 4.69) is 5.32 Å². The van der Waals surface area contributed by atoms with Crippen molar-refractivity contribution in [3.05, 3.63) is 29.3 Å². The summed E-state index contributed by atoms with van der Waals surface area (Å²) in [4.78, 5) is 0. The quantitative estimate of drug-likeness (QED) is 0.843. The Hall–Kier alpha value is -1.78. The van der Waals surface area contributed by atoms with Gasteiger partial charge in [-0.15, -0.1) is 0 Å². The Balaban J connectivity index is 2.68. The molecule has 0 bridgehead atoms. The zero-order valence-electron chi connectivity index (χ0n) is 10.9. The van der Waals surface area contributed by atoms with Gasteiger partial charge in [-0.2, -0.15) is 18.4 Å². The molecule has 0 aliphatic heterocycles. The molecule has 0 aliphatic carbocycles. The maximum atomic E-state index is 12.6. The van der Waals surface area contributed by atoms with Crippen molar-refractivity contribution in [3.63, 3.8) is 0 Å². The van der Waals surface area contributed by atoms with E-state index in [1.165, 1.54) is 19.2 Å². The lowest BCUT2D eigenvalue weighted by Crippen LogP contribution is -2.18. The van der Waals surface area contributed by atoms with Crippen LogP contribution in [-0.4, -0.2) is 31.5 Å². The van der Waals surface area contributed by atoms with Gasteiger partial charge in [0.15, 0.2) is 0 Å². The fourth-order valence-corrected chi connectivity index (χ4v) is 1.65. The Morgan fingerprint density at radius 3 is 2.70 bits per heavy atom. The first-order valence-electron chi connectivity index (χ1n) is 5.90. The van der Waals surface area contributed by atoms with Crippen LogP contribution in [0.2, 0.25) is 0 Å². The van der Waals surface area contributed by atoms with Crippen molar-refractivity contribution in [2.45, 2.75) is 18.7 Å². The molecule has 1 rings (SSSR count). The van der Waals surface area contributed by atoms with E-state index in [1.54, 1.807) is 0 Å². The number of anilines is 1. The van der Waals surface area contributed by atoms with Crippen LogP contribution in [0.1, 0.15) is 17.5 Å². The highest BCUT2D eigenvalue weighted by Gasteiger charge is 2.33. The fraction of sp³-hybridized carbons (Fsp3) is 0.462. The third kappa shape index (κ3) is 4.72. The van der Waals surface area contributed by atoms with Crippen molar-refractivity contribution in [2.75, 3.05) is 25.6 Å². The summed E-state index contributed by atoms with van der Waals surface area (Å²) in [6.07, 6.45) is -4.80. The topological polar surface area (TPSA) is 65.3 Å². The lowest BCUT2D eigenvalue weighted by Gasteiger charge is -2.13. The molecule has 2 N–H and O–H groups in total. The number of hydrogen-bond acceptors (Lipinski definition) is 4. The first-order valence-corrected chi connectivity index (χ1v) is 5.90. The van der Waals surface area contributed by atoms with E-state index in [4.69, 9.17) is 10.00 Å². The van der Waals surface area contributed by atoms with Crippen molar-refractivity contribution >= 4 is 5.69 Å². The summed E-state index contributed by atoms with van der Waals surface area (Å²) in [6.45, 7) is 0.554. The standard InChI is InChI=1S/C13H15F3N2O2/c1-20-8-11(19)4-5-18-10-2-3-12(13(14,15)16)9(6-10)7-17/h2-3,6,11,18-19H,4-5,8H2,1H3. The third-order valence-electron chi connectivity index (χ3n) is 2.61. The Bertz CT molecular complexity index is 483. The van der Waals surface area contributed by atoms with E-state index in [-0.39, 0.29) is 6.61 Å². The van der Waals surface area contributed by atoms with Crippen LogP contribution in [0.3, 0.4) is 0 Å². The van der Waals surface area contributed by atoms with Crippen LogP contribution in [0.15, 0.2) is 18.2 Å². The van der Waals surface area contributed by atoms with Gasteiger partial charge in [0.1, 0.15) is 0 Å². The second kappa shape index (κ2) is 7.12. The number of nitriles is 1. The predicted octanol–water partition coefficient (Wildman–Crippen LogP) is 2.39. The number of aliphatic hydroxyl groups excluding tert-OH is 1. The smallest absolute Gasteiger partial charge is 0.391 e. The molecule has 1 aromatic carbocycles. The van der Waals surface area contributed by atoms with E-state index in [0.717, 1.165) is 12.1 Å². The molecular weight excluding hydrogens is 273 g/mol. The highest BCUT2D eigenvalue weighted by molar-refractivity contribution is 5.53. The summed E-state index contributed by atoms with van der Waals surface area (Å²) in [6, 6.07) is 4.80. The molecule has 20 heavy (non-hydrogen) atoms. The number of alkyl halides is 3. The first kappa shape index (κ1) is 16.3. The van der Waals surface area contributed by atoms with Crippen LogP contribution in [-0.2, 0) is 10.9 Å². The van der Waals surface area contributed by atoms with Gasteiger partial charge >= 0.3 is 6.18 Å². The summed E-state index contributed by atoms with van der Waals surface area (Å²) in [5, 5.41) is 21.0. The Morgan fingerprint density at radius 1 is 1.45 bits per heavy atom. The number of aliphatic hydroxyl groups is 1. The van der Waals surface area contributed by atoms with Crippen molar-refractivity contribution in [3.8, 4) is 6.07 Å². The van der Waals surface area contributed by atoms with E-state index in [9.17, 15) is 18.3 Å². The molecule has 0 aliphatic rings. The van der Waals surface area contributed by atoms with Crippen LogP contribution < -0.4 is 5.32 Å². The number of hydrogen-bond donors (Lipinski definition) is 2. The number of methoxy groups -OCH3 is 1. The number of ether oxygens (including phenoxy) is 1. The molecule has 0 amide bonds. The highest BCUT2D eigenvalue weighted by atomic mass is 19.4. The summed E-state index contributed by atoms with van der Waals surface area (Å²) in [5.74, 6) is 0. The maximum absolute atomic E-state index is 12.6. The molecule has 1 atom stereocenters. The van der Waals surface area contributed by atoms with E-state index in [0.29, 0.717) is 18.7 Å². The van der Waals surface area contributed by atoms with Gasteiger partial charge in [0, 0.05) is 19.3 Å². The number of halogens is 3. The summed E-state index contributed by atoms with van der Waals surface area (Å²) in [5.41, 5.74) is -0.982. The molecule has 4 nitrogen and oxygen atoms in total. The summed E-state index contributed by atoms with van der Waals surface area (Å²) in [7, 11) is 1.46. The van der Waals surface area contributed by atoms with Gasteiger partial charge in [-0.25, -0.2) is 0 Å². The molecule has 0 spiro atoms. The molecule has 0 saturated heterocycles. The summed E-state index contributed by atoms with van der Waals surface area (Å²) < 4.78 is 42.5. The van der Waals surface area contributed by atoms with Gasteiger partial charge in [0.05, 0.1) is 29.9 Å². The van der Waals surface area contributed by atoms with Gasteiger partial charge in [0.2, 0.25) is 0 Å². The van der Waals surface area contributed by atoms with Gasteiger partial charge in [-0.05, 0) is 24.6 Å². The van der Waals surface area contributed by atoms with Gasteiger partial charge in [-0.3, -0.25) is 0 Å². The van der Waals surface area contributed by atoms with Crippen LogP contribution >= 0.6 is 0 Å². The van der Waals surface area contributed by atoms with Gasteiger partial charge in [-0.1, -0.05) is 0 Å². The molecule has 1 unspecified atom stereocenters. The summed E-state index contributed by atoms with van der Waals surface area (Å²) >= 11 is 0. The van der Waals surface area contributed by atoms with Crippen molar-refractivity contribution in [1.29, 1.82) is 5.26 Å². The second-order valence-electron chi connectivity index (χ2n) is 4.19. The molecule has 0 aromatic heterocycles. The Kier molecular flexibility index (Phi) is 5.80. The fourth-order valence-electron chi connectivity index (χ4n) is 1.65. The second-order valence-corrected chi connectivity index (χ2v) is 4.19. The van der Waals surface area contributed by atoms with E-state index >= 15 is 0 Å². The van der Waals surface area contributed by atoms with Crippen molar-refractivity contribution in [1.82, 2.24) is 0 Å². The monoisotopic (exact) mass is 288 g/mol. The maximum Gasteiger partial charge on any atom is 0.417 e. The lowest BCUT2D eigenvalue weighted by atomic mass is 10.1. The third-order valence-corrected chi connectivity index (χ3v) is 2.61. The number of nitrogens with one attached hydrogen (secondary N) is 1. The molecule has 0 heterocycles. The Labute approximate surface area is 114 Å². The molecule has 0 fully saturated rings. The molecule has 110 valence electrons. The predicted molar refractivity (Wildman–Crippen MR) is 67.1 cm³/mol. The first-order chi connectivity index (χ1) is 9.38. The zero-order chi connectivity index (χ0) is 15.2. The van der Waals surface area contributed by atoms with E-state index < -0.39 is 23.4 Å². The zero-order valence-corrected chi connectivity index (χ0v) is 10.9. The molecule has 0 radical (unpaired) electrons. The molecule has 7 heteroatoms. The van der Waals surface area contributed by atoms with Crippen molar-refractivity contribution < 1.29 is 23.0 Å². The average Bonchev–Trinajstić information content (AvgIpc) is 2.37. The van der Waals surface area contributed by atoms with Crippen LogP contribution in [0.25, 0.3) is 0 Å². The normalized spacial score (nSPS) is 12.8. The Morgan fingerprint density at radius 2 is 2.15 bits per heavy atom. The van der Waals surface area contributed by atoms with Crippen LogP contribution in [0.4, 0.5) is 18.9 Å².